The Balaban J connectivity index is 0. The first-order valence-corrected chi connectivity index (χ1v) is 3.91. The first kappa shape index (κ1) is 14.7. The molecule has 0 atom stereocenters. The van der Waals surface area contributed by atoms with Crippen LogP contribution in [0.5, 0.6) is 0 Å². The third kappa shape index (κ3) is 4.93. The van der Waals surface area contributed by atoms with E-state index in [4.69, 9.17) is 5.73 Å². The largest absolute Gasteiger partial charge is 0.330 e. The van der Waals surface area contributed by atoms with E-state index in [1.165, 1.54) is 5.56 Å². The van der Waals surface area contributed by atoms with Crippen molar-refractivity contribution in [2.24, 2.45) is 5.73 Å². The van der Waals surface area contributed by atoms with E-state index in [9.17, 15) is 0 Å². The van der Waals surface area contributed by atoms with Crippen LogP contribution in [0.1, 0.15) is 5.56 Å². The van der Waals surface area contributed by atoms with Gasteiger partial charge in [-0.3, -0.25) is 4.98 Å². The lowest BCUT2D eigenvalue weighted by Gasteiger charge is -1.96. The Bertz CT molecular complexity index is 220. The molecule has 0 amide bonds. The Morgan fingerprint density at radius 3 is 2.50 bits per heavy atom. The van der Waals surface area contributed by atoms with Crippen LogP contribution in [-0.2, 0) is 6.42 Å². The molecule has 1 aromatic heterocycles. The van der Waals surface area contributed by atoms with Crippen LogP contribution in [0.25, 0.3) is 0 Å². The van der Waals surface area contributed by atoms with E-state index in [1.807, 2.05) is 12.3 Å². The molecular weight excluding hydrogens is 263 g/mol. The van der Waals surface area contributed by atoms with Gasteiger partial charge in [-0.25, -0.2) is 0 Å². The zero-order valence-electron chi connectivity index (χ0n) is 6.37. The van der Waals surface area contributed by atoms with Crippen molar-refractivity contribution in [1.29, 1.82) is 0 Å². The normalized spacial score (nSPS) is 8.17. The molecule has 0 aliphatic rings. The summed E-state index contributed by atoms with van der Waals surface area (Å²) in [6.45, 7) is 0.679. The summed E-state index contributed by atoms with van der Waals surface area (Å²) in [5.74, 6) is 0. The minimum absolute atomic E-state index is 0. The Kier molecular flexibility index (Phi) is 9.54. The molecule has 0 bridgehead atoms. The Hall–Kier alpha value is 0.170. The van der Waals surface area contributed by atoms with Gasteiger partial charge in [0.2, 0.25) is 0 Å². The topological polar surface area (TPSA) is 38.9 Å². The maximum Gasteiger partial charge on any atom is 0.0410 e. The quantitative estimate of drug-likeness (QED) is 0.897. The number of hydrogen-bond donors (Lipinski definition) is 1. The predicted molar refractivity (Wildman–Crippen MR) is 59.2 cm³/mol. The summed E-state index contributed by atoms with van der Waals surface area (Å²) in [6.07, 6.45) is 4.49. The second kappa shape index (κ2) is 7.80. The van der Waals surface area contributed by atoms with Crippen molar-refractivity contribution < 1.29 is 0 Å². The third-order valence-electron chi connectivity index (χ3n) is 1.19. The first-order valence-electron chi connectivity index (χ1n) is 3.12. The summed E-state index contributed by atoms with van der Waals surface area (Å²) < 4.78 is 1.01. The number of aromatic nitrogens is 1. The summed E-state index contributed by atoms with van der Waals surface area (Å²) in [5, 5.41) is 0. The highest BCUT2D eigenvalue weighted by Crippen LogP contribution is 2.09. The highest BCUT2D eigenvalue weighted by atomic mass is 79.9. The number of halogens is 3. The summed E-state index contributed by atoms with van der Waals surface area (Å²) >= 11 is 3.33. The number of pyridine rings is 1. The molecule has 0 aliphatic heterocycles. The second-order valence-electron chi connectivity index (χ2n) is 2.05. The predicted octanol–water partition coefficient (Wildman–Crippen LogP) is 2.19. The minimum atomic E-state index is 0. The van der Waals surface area contributed by atoms with Gasteiger partial charge in [-0.15, -0.1) is 24.8 Å². The zero-order chi connectivity index (χ0) is 7.40. The van der Waals surface area contributed by atoms with Crippen LogP contribution in [0.2, 0.25) is 0 Å². The van der Waals surface area contributed by atoms with Crippen molar-refractivity contribution in [2.45, 2.75) is 6.42 Å². The van der Waals surface area contributed by atoms with E-state index in [-0.39, 0.29) is 24.8 Å². The van der Waals surface area contributed by atoms with E-state index in [0.29, 0.717) is 6.54 Å². The monoisotopic (exact) mass is 272 g/mol. The lowest BCUT2D eigenvalue weighted by molar-refractivity contribution is 0.957. The molecule has 1 aromatic rings. The highest BCUT2D eigenvalue weighted by molar-refractivity contribution is 9.10. The van der Waals surface area contributed by atoms with Gasteiger partial charge in [-0.05, 0) is 40.5 Å². The summed E-state index contributed by atoms with van der Waals surface area (Å²) in [7, 11) is 0. The van der Waals surface area contributed by atoms with Crippen LogP contribution in [0.15, 0.2) is 22.9 Å². The van der Waals surface area contributed by atoms with E-state index in [2.05, 4.69) is 20.9 Å². The van der Waals surface area contributed by atoms with E-state index in [0.717, 1.165) is 10.9 Å². The molecule has 2 nitrogen and oxygen atoms in total. The van der Waals surface area contributed by atoms with E-state index >= 15 is 0 Å². The van der Waals surface area contributed by atoms with Gasteiger partial charge in [0.15, 0.2) is 0 Å². The van der Waals surface area contributed by atoms with Gasteiger partial charge >= 0.3 is 0 Å². The van der Waals surface area contributed by atoms with Crippen LogP contribution in [0, 0.1) is 0 Å². The maximum atomic E-state index is 5.37. The molecule has 70 valence electrons. The van der Waals surface area contributed by atoms with Gasteiger partial charge in [-0.2, -0.15) is 0 Å². The molecule has 0 aromatic carbocycles. The van der Waals surface area contributed by atoms with E-state index in [1.54, 1.807) is 6.20 Å². The number of rotatable bonds is 2. The summed E-state index contributed by atoms with van der Waals surface area (Å²) in [6, 6.07) is 2.03. The molecule has 1 rings (SSSR count). The average Bonchev–Trinajstić information content (AvgIpc) is 1.88. The molecule has 12 heavy (non-hydrogen) atoms. The van der Waals surface area contributed by atoms with Crippen molar-refractivity contribution in [2.75, 3.05) is 6.54 Å². The van der Waals surface area contributed by atoms with Crippen LogP contribution in [-0.4, -0.2) is 11.5 Å². The van der Waals surface area contributed by atoms with Crippen LogP contribution in [0.4, 0.5) is 0 Å². The van der Waals surface area contributed by atoms with Crippen molar-refractivity contribution >= 4 is 40.7 Å². The van der Waals surface area contributed by atoms with Gasteiger partial charge in [0.1, 0.15) is 0 Å². The summed E-state index contributed by atoms with van der Waals surface area (Å²) in [4.78, 5) is 4.00. The molecule has 0 unspecified atom stereocenters. The molecule has 0 aliphatic carbocycles. The Morgan fingerprint density at radius 2 is 2.00 bits per heavy atom. The van der Waals surface area contributed by atoms with Crippen LogP contribution < -0.4 is 5.73 Å². The first-order chi connectivity index (χ1) is 4.83. The highest BCUT2D eigenvalue weighted by Gasteiger charge is 1.91. The second-order valence-corrected chi connectivity index (χ2v) is 2.97. The lowest BCUT2D eigenvalue weighted by atomic mass is 10.2. The van der Waals surface area contributed by atoms with Crippen molar-refractivity contribution in [3.8, 4) is 0 Å². The maximum absolute atomic E-state index is 5.37. The van der Waals surface area contributed by atoms with Crippen molar-refractivity contribution in [3.05, 3.63) is 28.5 Å². The Labute approximate surface area is 92.9 Å². The standard InChI is InChI=1S/C7H9BrN2.2ClH/c8-7-3-6(1-2-9)4-10-5-7;;/h3-5H,1-2,9H2;2*1H. The smallest absolute Gasteiger partial charge is 0.0410 e. The minimum Gasteiger partial charge on any atom is -0.330 e. The summed E-state index contributed by atoms with van der Waals surface area (Å²) in [5.41, 5.74) is 6.55. The molecule has 0 radical (unpaired) electrons. The Morgan fingerprint density at radius 1 is 1.33 bits per heavy atom. The van der Waals surface area contributed by atoms with Gasteiger partial charge < -0.3 is 5.73 Å². The fraction of sp³-hybridized carbons (Fsp3) is 0.286. The molecule has 1 heterocycles. The number of nitrogens with zero attached hydrogens (tertiary/aromatic N) is 1. The molecular formula is C7H11BrCl2N2. The molecule has 0 saturated carbocycles. The number of nitrogens with two attached hydrogens (primary N) is 1. The molecule has 0 fully saturated rings. The van der Waals surface area contributed by atoms with Crippen LogP contribution >= 0.6 is 40.7 Å². The van der Waals surface area contributed by atoms with Crippen LogP contribution in [0.3, 0.4) is 0 Å². The molecule has 2 N–H and O–H groups in total. The van der Waals surface area contributed by atoms with Gasteiger partial charge in [0.25, 0.3) is 0 Å². The molecule has 5 heteroatoms. The van der Waals surface area contributed by atoms with Crippen molar-refractivity contribution in [3.63, 3.8) is 0 Å². The fourth-order valence-electron chi connectivity index (χ4n) is 0.759. The lowest BCUT2D eigenvalue weighted by Crippen LogP contribution is -2.02. The third-order valence-corrected chi connectivity index (χ3v) is 1.63. The molecule has 0 spiro atoms. The SMILES string of the molecule is Cl.Cl.NCCc1cncc(Br)c1. The van der Waals surface area contributed by atoms with Gasteiger partial charge in [0, 0.05) is 16.9 Å². The fourth-order valence-corrected chi connectivity index (χ4v) is 1.17. The average molecular weight is 274 g/mol. The van der Waals surface area contributed by atoms with Gasteiger partial charge in [-0.1, -0.05) is 0 Å². The molecule has 0 saturated heterocycles. The van der Waals surface area contributed by atoms with E-state index < -0.39 is 0 Å². The van der Waals surface area contributed by atoms with Gasteiger partial charge in [0.05, 0.1) is 0 Å². The number of hydrogen-bond acceptors (Lipinski definition) is 2. The van der Waals surface area contributed by atoms with Crippen molar-refractivity contribution in [1.82, 2.24) is 4.98 Å². The zero-order valence-corrected chi connectivity index (χ0v) is 9.58.